The van der Waals surface area contributed by atoms with Gasteiger partial charge in [-0.3, -0.25) is 4.79 Å². The van der Waals surface area contributed by atoms with Gasteiger partial charge in [-0.15, -0.1) is 4.68 Å². The number of hydrogen-bond acceptors (Lipinski definition) is 8. The van der Waals surface area contributed by atoms with Crippen molar-refractivity contribution in [1.82, 2.24) is 14.8 Å². The fourth-order valence-electron chi connectivity index (χ4n) is 2.71. The quantitative estimate of drug-likeness (QED) is 0.320. The zero-order valence-electron chi connectivity index (χ0n) is 14.9. The molecule has 0 aliphatic rings. The van der Waals surface area contributed by atoms with Gasteiger partial charge in [0.05, 0.1) is 17.4 Å². The predicted octanol–water partition coefficient (Wildman–Crippen LogP) is 1.16. The number of carbonyl (C=O) groups is 2. The molecular formula is C17H13N5O8. The molecule has 0 atom stereocenters. The van der Waals surface area contributed by atoms with Crippen LogP contribution in [0.2, 0.25) is 0 Å². The van der Waals surface area contributed by atoms with Gasteiger partial charge >= 0.3 is 17.8 Å². The molecule has 0 radical (unpaired) electrons. The van der Waals surface area contributed by atoms with Gasteiger partial charge in [0.2, 0.25) is 6.73 Å². The van der Waals surface area contributed by atoms with Crippen LogP contribution in [0.1, 0.15) is 20.7 Å². The number of carboxylic acids is 2. The number of aromatic nitrogens is 3. The minimum atomic E-state index is -1.62. The SMILES string of the molecule is Nc1[nH]c(=O)c(C(=O)O)c(-c2ccc(OCn3ccc([N+](=O)[O-])n3)cc2)c1C(=O)O. The van der Waals surface area contributed by atoms with E-state index in [1.807, 2.05) is 4.98 Å². The van der Waals surface area contributed by atoms with E-state index < -0.39 is 39.4 Å². The number of hydrogen-bond donors (Lipinski definition) is 4. The Balaban J connectivity index is 1.94. The maximum atomic E-state index is 12.0. The van der Waals surface area contributed by atoms with Crippen LogP contribution >= 0.6 is 0 Å². The Morgan fingerprint density at radius 2 is 1.80 bits per heavy atom. The highest BCUT2D eigenvalue weighted by atomic mass is 16.6. The van der Waals surface area contributed by atoms with Crippen LogP contribution in [-0.4, -0.2) is 41.8 Å². The van der Waals surface area contributed by atoms with E-state index in [1.54, 1.807) is 0 Å². The van der Waals surface area contributed by atoms with E-state index >= 15 is 0 Å². The van der Waals surface area contributed by atoms with Crippen LogP contribution in [0, 0.1) is 10.1 Å². The van der Waals surface area contributed by atoms with Crippen molar-refractivity contribution < 1.29 is 29.5 Å². The lowest BCUT2D eigenvalue weighted by Crippen LogP contribution is -2.24. The second-order valence-electron chi connectivity index (χ2n) is 5.87. The molecule has 0 spiro atoms. The Labute approximate surface area is 166 Å². The largest absolute Gasteiger partial charge is 0.478 e. The van der Waals surface area contributed by atoms with Gasteiger partial charge in [0.1, 0.15) is 22.7 Å². The summed E-state index contributed by atoms with van der Waals surface area (Å²) < 4.78 is 6.62. The van der Waals surface area contributed by atoms with Crippen molar-refractivity contribution in [3.05, 3.63) is 68.1 Å². The number of anilines is 1. The van der Waals surface area contributed by atoms with Crippen molar-refractivity contribution in [1.29, 1.82) is 0 Å². The summed E-state index contributed by atoms with van der Waals surface area (Å²) in [5.41, 5.74) is 3.00. The molecule has 0 aliphatic carbocycles. The number of nitrogens with zero attached hydrogens (tertiary/aromatic N) is 3. The first-order chi connectivity index (χ1) is 14.2. The standard InChI is InChI=1S/C17H13N5O8/c18-14-12(16(24)25)11(13(17(26)27)15(23)19-14)8-1-3-9(4-2-8)30-7-21-6-5-10(20-21)22(28)29/h1-6H,7H2,(H,24,25)(H,26,27)(H3,18,19,23). The normalized spacial score (nSPS) is 10.5. The van der Waals surface area contributed by atoms with Crippen LogP contribution in [0.3, 0.4) is 0 Å². The summed E-state index contributed by atoms with van der Waals surface area (Å²) in [6.07, 6.45) is 1.35. The summed E-state index contributed by atoms with van der Waals surface area (Å²) in [5.74, 6) is -3.67. The number of aromatic carboxylic acids is 2. The van der Waals surface area contributed by atoms with Gasteiger partial charge in [-0.1, -0.05) is 12.1 Å². The van der Waals surface area contributed by atoms with E-state index in [4.69, 9.17) is 10.5 Å². The first kappa shape index (κ1) is 20.1. The highest BCUT2D eigenvalue weighted by Gasteiger charge is 2.26. The lowest BCUT2D eigenvalue weighted by molar-refractivity contribution is -0.389. The molecule has 0 aliphatic heterocycles. The molecule has 3 aromatic rings. The molecule has 30 heavy (non-hydrogen) atoms. The zero-order valence-corrected chi connectivity index (χ0v) is 14.9. The number of carboxylic acid groups (broad SMARTS) is 2. The Morgan fingerprint density at radius 1 is 1.17 bits per heavy atom. The summed E-state index contributed by atoms with van der Waals surface area (Å²) in [7, 11) is 0. The number of pyridine rings is 1. The summed E-state index contributed by atoms with van der Waals surface area (Å²) in [6.45, 7) is -0.147. The minimum Gasteiger partial charge on any atom is -0.478 e. The fourth-order valence-corrected chi connectivity index (χ4v) is 2.71. The molecule has 0 fully saturated rings. The van der Waals surface area contributed by atoms with Crippen molar-refractivity contribution in [2.24, 2.45) is 0 Å². The van der Waals surface area contributed by atoms with Gasteiger partial charge < -0.3 is 35.8 Å². The average molecular weight is 415 g/mol. The van der Waals surface area contributed by atoms with E-state index in [1.165, 1.54) is 41.2 Å². The summed E-state index contributed by atoms with van der Waals surface area (Å²) in [6, 6.07) is 6.72. The van der Waals surface area contributed by atoms with Crippen molar-refractivity contribution in [3.63, 3.8) is 0 Å². The maximum Gasteiger partial charge on any atom is 0.390 e. The molecule has 13 heteroatoms. The van der Waals surface area contributed by atoms with E-state index in [9.17, 15) is 34.7 Å². The molecule has 5 N–H and O–H groups in total. The molecule has 154 valence electrons. The van der Waals surface area contributed by atoms with Crippen LogP contribution in [0.15, 0.2) is 41.3 Å². The highest BCUT2D eigenvalue weighted by molar-refractivity contribution is 6.07. The monoisotopic (exact) mass is 415 g/mol. The van der Waals surface area contributed by atoms with E-state index in [-0.39, 0.29) is 29.4 Å². The molecule has 0 bridgehead atoms. The first-order valence-electron chi connectivity index (χ1n) is 8.12. The average Bonchev–Trinajstić information content (AvgIpc) is 3.15. The van der Waals surface area contributed by atoms with Crippen molar-refractivity contribution in [2.45, 2.75) is 6.73 Å². The number of nitrogen functional groups attached to an aromatic ring is 1. The number of ether oxygens (including phenoxy) is 1. The van der Waals surface area contributed by atoms with E-state index in [2.05, 4.69) is 5.10 Å². The number of benzene rings is 1. The summed E-state index contributed by atoms with van der Waals surface area (Å²) in [4.78, 5) is 47.2. The van der Waals surface area contributed by atoms with E-state index in [0.717, 1.165) is 0 Å². The van der Waals surface area contributed by atoms with Crippen LogP contribution < -0.4 is 16.0 Å². The molecule has 0 saturated carbocycles. The molecule has 2 heterocycles. The molecule has 2 aromatic heterocycles. The smallest absolute Gasteiger partial charge is 0.390 e. The molecule has 0 amide bonds. The third-order valence-electron chi connectivity index (χ3n) is 3.99. The lowest BCUT2D eigenvalue weighted by Gasteiger charge is -2.12. The molecule has 1 aromatic carbocycles. The molecule has 0 saturated heterocycles. The van der Waals surface area contributed by atoms with Crippen molar-refractivity contribution in [3.8, 4) is 16.9 Å². The maximum absolute atomic E-state index is 12.0. The van der Waals surface area contributed by atoms with Gasteiger partial charge in [-0.05, 0) is 22.6 Å². The minimum absolute atomic E-state index is 0.115. The number of nitrogens with two attached hydrogens (primary N) is 1. The molecule has 3 rings (SSSR count). The predicted molar refractivity (Wildman–Crippen MR) is 100 cm³/mol. The van der Waals surface area contributed by atoms with Crippen molar-refractivity contribution in [2.75, 3.05) is 5.73 Å². The fraction of sp³-hybridized carbons (Fsp3) is 0.0588. The van der Waals surface area contributed by atoms with Crippen LogP contribution in [0.25, 0.3) is 11.1 Å². The van der Waals surface area contributed by atoms with Crippen LogP contribution in [0.5, 0.6) is 5.75 Å². The van der Waals surface area contributed by atoms with Crippen LogP contribution in [-0.2, 0) is 6.73 Å². The number of nitrogens with one attached hydrogen (secondary N) is 1. The molecule has 0 unspecified atom stereocenters. The Morgan fingerprint density at radius 3 is 2.33 bits per heavy atom. The third-order valence-corrected chi connectivity index (χ3v) is 3.99. The highest BCUT2D eigenvalue weighted by Crippen LogP contribution is 2.30. The number of H-pyrrole nitrogens is 1. The summed E-state index contributed by atoms with van der Waals surface area (Å²) >= 11 is 0. The second kappa shape index (κ2) is 7.75. The molecular weight excluding hydrogens is 402 g/mol. The van der Waals surface area contributed by atoms with Crippen molar-refractivity contribution >= 4 is 23.6 Å². The lowest BCUT2D eigenvalue weighted by atomic mass is 9.95. The van der Waals surface area contributed by atoms with Gasteiger partial charge in [0.15, 0.2) is 0 Å². The van der Waals surface area contributed by atoms with Gasteiger partial charge in [-0.2, -0.15) is 0 Å². The van der Waals surface area contributed by atoms with Gasteiger partial charge in [0.25, 0.3) is 5.56 Å². The van der Waals surface area contributed by atoms with Gasteiger partial charge in [0, 0.05) is 5.56 Å². The Hall–Kier alpha value is -4.68. The third kappa shape index (κ3) is 3.80. The zero-order chi connectivity index (χ0) is 22.0. The Kier molecular flexibility index (Phi) is 5.18. The first-order valence-corrected chi connectivity index (χ1v) is 8.12. The summed E-state index contributed by atoms with van der Waals surface area (Å²) in [5, 5.41) is 33.1. The number of nitro groups is 1. The topological polar surface area (TPSA) is 204 Å². The Bertz CT molecular complexity index is 1210. The number of aromatic amines is 1. The second-order valence-corrected chi connectivity index (χ2v) is 5.87. The molecule has 13 nitrogen and oxygen atoms in total. The number of rotatable bonds is 7. The van der Waals surface area contributed by atoms with Gasteiger partial charge in [-0.25, -0.2) is 9.59 Å². The van der Waals surface area contributed by atoms with Crippen LogP contribution in [0.4, 0.5) is 11.6 Å². The van der Waals surface area contributed by atoms with E-state index in [0.29, 0.717) is 0 Å².